The molecule has 7 heterocycles. The number of nitrogens with two attached hydrogens (primary N) is 2. The maximum absolute atomic E-state index is 15.9. The van der Waals surface area contributed by atoms with Gasteiger partial charge in [-0.15, -0.1) is 0 Å². The van der Waals surface area contributed by atoms with Gasteiger partial charge in [0.25, 0.3) is 11.1 Å². The first kappa shape index (κ1) is 30.7. The summed E-state index contributed by atoms with van der Waals surface area (Å²) in [5.74, 6) is -0.0799. The van der Waals surface area contributed by atoms with Gasteiger partial charge < -0.3 is 30.7 Å². The molecule has 246 valence electrons. The number of rotatable bonds is 2. The Kier molecular flexibility index (Phi) is 7.23. The van der Waals surface area contributed by atoms with Crippen LogP contribution in [0.2, 0.25) is 0 Å². The molecule has 0 saturated carbocycles. The van der Waals surface area contributed by atoms with Gasteiger partial charge in [0.1, 0.15) is 24.4 Å². The van der Waals surface area contributed by atoms with Crippen molar-refractivity contribution in [3.63, 3.8) is 0 Å². The van der Waals surface area contributed by atoms with E-state index in [1.54, 1.807) is 0 Å². The number of fused-ring (bicyclic) bond motifs is 4. The summed E-state index contributed by atoms with van der Waals surface area (Å²) in [7, 11) is -10.1. The van der Waals surface area contributed by atoms with E-state index in [0.717, 1.165) is 27.9 Å². The van der Waals surface area contributed by atoms with Crippen molar-refractivity contribution in [2.75, 3.05) is 18.1 Å². The van der Waals surface area contributed by atoms with E-state index in [4.69, 9.17) is 34.5 Å². The summed E-state index contributed by atoms with van der Waals surface area (Å²) in [5.41, 5.74) is 8.87. The largest absolute Gasteiger partial charge is 0.472 e. The van der Waals surface area contributed by atoms with E-state index in [-0.39, 0.29) is 34.2 Å². The number of aromatic amines is 2. The summed E-state index contributed by atoms with van der Waals surface area (Å²) >= 11 is 0. The van der Waals surface area contributed by atoms with Crippen molar-refractivity contribution in [3.8, 4) is 0 Å². The highest BCUT2D eigenvalue weighted by molar-refractivity contribution is 7.56. The maximum atomic E-state index is 15.9. The second-order valence-corrected chi connectivity index (χ2v) is 13.3. The Hall–Kier alpha value is -3.92. The van der Waals surface area contributed by atoms with E-state index in [2.05, 4.69) is 29.9 Å². The minimum Gasteiger partial charge on any atom is -0.369 e. The molecule has 2 fully saturated rings. The Morgan fingerprint density at radius 2 is 1.41 bits per heavy atom. The Labute approximate surface area is 252 Å². The van der Waals surface area contributed by atoms with Crippen LogP contribution >= 0.6 is 15.4 Å². The number of nitrogen functional groups attached to an aromatic ring is 2. The fraction of sp³-hybridized carbons (Fsp3) is 0.429. The smallest absolute Gasteiger partial charge is 0.369 e. The lowest BCUT2D eigenvalue weighted by molar-refractivity contribution is -0.0481. The van der Waals surface area contributed by atoms with Crippen LogP contribution in [-0.2, 0) is 32.2 Å². The molecule has 8 N–H and O–H groups in total. The van der Waals surface area contributed by atoms with Crippen molar-refractivity contribution in [1.82, 2.24) is 39.0 Å². The Morgan fingerprint density at radius 3 is 2.00 bits per heavy atom. The van der Waals surface area contributed by atoms with E-state index in [9.17, 15) is 28.5 Å². The summed E-state index contributed by atoms with van der Waals surface area (Å²) in [5, 5.41) is 0. The lowest BCUT2D eigenvalue weighted by Gasteiger charge is -2.25. The molecule has 0 spiro atoms. The van der Waals surface area contributed by atoms with Crippen molar-refractivity contribution in [1.29, 1.82) is 0 Å². The van der Waals surface area contributed by atoms with Gasteiger partial charge >= 0.3 is 15.4 Å². The van der Waals surface area contributed by atoms with Gasteiger partial charge in [-0.2, -0.15) is 9.97 Å². The Morgan fingerprint density at radius 1 is 0.870 bits per heavy atom. The number of hydrogen-bond acceptors (Lipinski definition) is 15. The lowest BCUT2D eigenvalue weighted by atomic mass is 10.1. The van der Waals surface area contributed by atoms with Gasteiger partial charge in [0.15, 0.2) is 47.1 Å². The molecule has 2 unspecified atom stereocenters. The minimum atomic E-state index is -5.20. The molecule has 10 atom stereocenters. The fourth-order valence-corrected chi connectivity index (χ4v) is 7.34. The third-order valence-electron chi connectivity index (χ3n) is 7.32. The number of H-pyrrole nitrogens is 2. The zero-order chi connectivity index (χ0) is 32.7. The SMILES string of the molecule is Nc1nc2c(ncn2[C@@H]2O[C@@H]3/C=C/P(=O)(O)O[C@H]4[C@@H](F)[C@H](n5cnc6c(=O)[nH]c(N)nc65)O[C@@H]4COP(=O)(O)O[C@H]3[C@H]2F)c(=O)[nH]1. The van der Waals surface area contributed by atoms with Crippen LogP contribution in [-0.4, -0.2) is 92.2 Å². The van der Waals surface area contributed by atoms with Crippen LogP contribution in [0.15, 0.2) is 34.1 Å². The third-order valence-corrected chi connectivity index (χ3v) is 9.40. The summed E-state index contributed by atoms with van der Waals surface area (Å²) < 4.78 is 86.5. The van der Waals surface area contributed by atoms with Gasteiger partial charge in [0.05, 0.1) is 19.3 Å². The quantitative estimate of drug-likeness (QED) is 0.144. The van der Waals surface area contributed by atoms with E-state index in [1.807, 2.05) is 0 Å². The molecule has 3 aliphatic heterocycles. The second kappa shape index (κ2) is 10.8. The molecule has 4 aromatic rings. The second-order valence-electron chi connectivity index (χ2n) is 10.3. The van der Waals surface area contributed by atoms with Crippen LogP contribution in [0, 0.1) is 0 Å². The predicted molar refractivity (Wildman–Crippen MR) is 147 cm³/mol. The normalized spacial score (nSPS) is 37.5. The van der Waals surface area contributed by atoms with Crippen LogP contribution in [0.25, 0.3) is 22.3 Å². The number of imidazole rings is 2. The van der Waals surface area contributed by atoms with E-state index >= 15 is 8.78 Å². The molecule has 46 heavy (non-hydrogen) atoms. The number of hydrogen-bond donors (Lipinski definition) is 6. The molecule has 0 radical (unpaired) electrons. The first-order chi connectivity index (χ1) is 21.7. The summed E-state index contributed by atoms with van der Waals surface area (Å²) in [4.78, 5) is 65.6. The average molecular weight is 690 g/mol. The number of nitrogens with one attached hydrogen (secondary N) is 2. The standard InChI is InChI=1S/C21H22F2N10O11P2/c22-8-12-6(41-18(8)32-4-26-10-14(32)28-20(24)30-16(10)34)1-2-45(36,37)43-13-7(3-40-46(38,39)44-12)42-19(9(13)23)33-5-27-11-15(33)29-21(25)31-17(11)35/h1-2,4-9,12-13,18-19H,3H2,(H,36,37)(H,38,39)(H3,24,28,30,34)(H3,25,29,31,35)/b2-1+/t6-,7-,8-,9-,12-,13-,18-,19-/m1/s1. The number of nitrogens with zero attached hydrogens (tertiary/aromatic N) is 6. The van der Waals surface area contributed by atoms with Gasteiger partial charge in [-0.3, -0.25) is 46.8 Å². The predicted octanol–water partition coefficient (Wildman–Crippen LogP) is -0.512. The zero-order valence-corrected chi connectivity index (χ0v) is 24.5. The molecule has 2 saturated heterocycles. The highest BCUT2D eigenvalue weighted by Crippen LogP contribution is 2.54. The third kappa shape index (κ3) is 5.24. The molecule has 0 amide bonds. The van der Waals surface area contributed by atoms with Crippen molar-refractivity contribution >= 4 is 49.6 Å². The number of phosphoric ester groups is 1. The van der Waals surface area contributed by atoms with E-state index in [0.29, 0.717) is 5.82 Å². The van der Waals surface area contributed by atoms with Gasteiger partial charge in [-0.1, -0.05) is 0 Å². The Balaban J connectivity index is 1.21. The molecule has 0 aliphatic carbocycles. The van der Waals surface area contributed by atoms with Crippen LogP contribution in [0.4, 0.5) is 20.7 Å². The van der Waals surface area contributed by atoms with Crippen LogP contribution < -0.4 is 22.6 Å². The Bertz CT molecular complexity index is 2100. The van der Waals surface area contributed by atoms with Crippen LogP contribution in [0.5, 0.6) is 0 Å². The monoisotopic (exact) mass is 690 g/mol. The van der Waals surface area contributed by atoms with Gasteiger partial charge in [-0.25, -0.2) is 23.3 Å². The molecule has 3 aliphatic rings. The number of halogens is 2. The highest BCUT2D eigenvalue weighted by atomic mass is 31.2. The lowest BCUT2D eigenvalue weighted by Crippen LogP contribution is -2.35. The zero-order valence-electron chi connectivity index (χ0n) is 22.7. The molecule has 0 aromatic carbocycles. The average Bonchev–Trinajstić information content (AvgIpc) is 3.72. The van der Waals surface area contributed by atoms with Crippen LogP contribution in [0.1, 0.15) is 12.5 Å². The summed E-state index contributed by atoms with van der Waals surface area (Å²) in [6.45, 7) is -0.960. The molecular weight excluding hydrogens is 668 g/mol. The first-order valence-electron chi connectivity index (χ1n) is 13.1. The number of phosphoric acid groups is 1. The first-order valence-corrected chi connectivity index (χ1v) is 16.3. The van der Waals surface area contributed by atoms with Gasteiger partial charge in [-0.05, 0) is 6.08 Å². The molecule has 0 bridgehead atoms. The summed E-state index contributed by atoms with van der Waals surface area (Å²) in [6, 6.07) is 0. The topological polar surface area (TPSA) is 300 Å². The highest BCUT2D eigenvalue weighted by Gasteiger charge is 2.53. The number of aromatic nitrogens is 8. The molecule has 21 nitrogen and oxygen atoms in total. The van der Waals surface area contributed by atoms with E-state index in [1.165, 1.54) is 0 Å². The van der Waals surface area contributed by atoms with E-state index < -0.39 is 82.4 Å². The maximum Gasteiger partial charge on any atom is 0.472 e. The fourth-order valence-electron chi connectivity index (χ4n) is 5.34. The van der Waals surface area contributed by atoms with Crippen LogP contribution in [0.3, 0.4) is 0 Å². The molecule has 25 heteroatoms. The summed E-state index contributed by atoms with van der Waals surface area (Å²) in [6.07, 6.45) is -12.2. The molecular formula is C21H22F2N10O11P2. The number of ether oxygens (including phenoxy) is 2. The van der Waals surface area contributed by atoms with Gasteiger partial charge in [0, 0.05) is 5.82 Å². The van der Waals surface area contributed by atoms with Gasteiger partial charge in [0.2, 0.25) is 11.9 Å². The van der Waals surface area contributed by atoms with Crippen molar-refractivity contribution in [2.24, 2.45) is 0 Å². The molecule has 4 aromatic heterocycles. The van der Waals surface area contributed by atoms with Crippen molar-refractivity contribution in [3.05, 3.63) is 45.3 Å². The van der Waals surface area contributed by atoms with Crippen molar-refractivity contribution in [2.45, 2.75) is 49.2 Å². The number of anilines is 2. The number of alkyl halides is 2. The minimum absolute atomic E-state index is 0.197. The molecule has 7 rings (SSSR count). The van der Waals surface area contributed by atoms with Crippen molar-refractivity contribution < 1.29 is 50.7 Å².